The average Bonchev–Trinajstić information content (AvgIpc) is 2.74. The van der Waals surface area contributed by atoms with E-state index in [1.165, 1.54) is 0 Å². The van der Waals surface area contributed by atoms with Crippen LogP contribution in [0.3, 0.4) is 0 Å². The molecule has 0 saturated heterocycles. The maximum Gasteiger partial charge on any atom is 0.258 e. The van der Waals surface area contributed by atoms with Crippen molar-refractivity contribution in [2.24, 2.45) is 5.92 Å². The van der Waals surface area contributed by atoms with Crippen LogP contribution in [0, 0.1) is 5.92 Å². The molecular weight excluding hydrogens is 372 g/mol. The lowest BCUT2D eigenvalue weighted by molar-refractivity contribution is -0.127. The summed E-state index contributed by atoms with van der Waals surface area (Å²) in [5.41, 5.74) is 0.927. The molecule has 0 aliphatic carbocycles. The first-order valence-electron chi connectivity index (χ1n) is 9.66. The summed E-state index contributed by atoms with van der Waals surface area (Å²) in [5, 5.41) is 5.56. The first-order chi connectivity index (χ1) is 14.0. The first-order valence-corrected chi connectivity index (χ1v) is 9.66. The van der Waals surface area contributed by atoms with Crippen LogP contribution in [-0.2, 0) is 9.59 Å². The number of rotatable bonds is 8. The van der Waals surface area contributed by atoms with Crippen molar-refractivity contribution in [3.05, 3.63) is 54.1 Å². The maximum atomic E-state index is 12.4. The molecule has 154 valence electrons. The monoisotopic (exact) mass is 398 g/mol. The zero-order valence-electron chi connectivity index (χ0n) is 16.6. The molecule has 0 fully saturated rings. The number of fused-ring (bicyclic) bond motifs is 1. The van der Waals surface area contributed by atoms with Crippen molar-refractivity contribution in [3.8, 4) is 17.2 Å². The van der Waals surface area contributed by atoms with E-state index in [2.05, 4.69) is 10.6 Å². The summed E-state index contributed by atoms with van der Waals surface area (Å²) in [7, 11) is 0. The summed E-state index contributed by atoms with van der Waals surface area (Å²) in [6.45, 7) is 4.82. The Morgan fingerprint density at radius 2 is 1.72 bits per heavy atom. The highest BCUT2D eigenvalue weighted by Gasteiger charge is 2.21. The Morgan fingerprint density at radius 3 is 2.45 bits per heavy atom. The molecule has 3 rings (SSSR count). The van der Waals surface area contributed by atoms with Gasteiger partial charge in [-0.05, 0) is 35.7 Å². The molecule has 1 atom stereocenters. The number of nitrogens with one attached hydrogen (secondary N) is 2. The van der Waals surface area contributed by atoms with E-state index in [-0.39, 0.29) is 36.9 Å². The van der Waals surface area contributed by atoms with Gasteiger partial charge in [0.05, 0.1) is 12.6 Å². The van der Waals surface area contributed by atoms with Gasteiger partial charge >= 0.3 is 0 Å². The first kappa shape index (κ1) is 20.5. The molecule has 2 amide bonds. The lowest BCUT2D eigenvalue weighted by Gasteiger charge is -2.25. The molecule has 2 N–H and O–H groups in total. The van der Waals surface area contributed by atoms with Crippen LogP contribution in [-0.4, -0.2) is 38.2 Å². The van der Waals surface area contributed by atoms with Gasteiger partial charge in [-0.15, -0.1) is 0 Å². The normalized spacial score (nSPS) is 13.5. The fourth-order valence-corrected chi connectivity index (χ4v) is 3.01. The van der Waals surface area contributed by atoms with Crippen molar-refractivity contribution in [3.63, 3.8) is 0 Å². The number of para-hydroxylation sites is 1. The quantitative estimate of drug-likeness (QED) is 0.714. The van der Waals surface area contributed by atoms with Crippen LogP contribution in [0.4, 0.5) is 0 Å². The number of amides is 2. The van der Waals surface area contributed by atoms with Crippen LogP contribution in [0.1, 0.15) is 25.5 Å². The zero-order valence-corrected chi connectivity index (χ0v) is 16.6. The fraction of sp³-hybridized carbons (Fsp3) is 0.364. The number of carbonyl (C=O) groups is 2. The average molecular weight is 398 g/mol. The summed E-state index contributed by atoms with van der Waals surface area (Å²) in [4.78, 5) is 24.3. The van der Waals surface area contributed by atoms with Gasteiger partial charge in [0.25, 0.3) is 5.91 Å². The number of benzene rings is 2. The van der Waals surface area contributed by atoms with Gasteiger partial charge in [0.1, 0.15) is 19.0 Å². The van der Waals surface area contributed by atoms with Gasteiger partial charge in [0.15, 0.2) is 18.1 Å². The van der Waals surface area contributed by atoms with Crippen molar-refractivity contribution >= 4 is 11.8 Å². The third kappa shape index (κ3) is 5.88. The van der Waals surface area contributed by atoms with Gasteiger partial charge in [-0.3, -0.25) is 9.59 Å². The van der Waals surface area contributed by atoms with Gasteiger partial charge in [-0.25, -0.2) is 0 Å². The molecule has 0 saturated carbocycles. The molecule has 1 unspecified atom stereocenters. The molecule has 0 aromatic heterocycles. The Labute approximate surface area is 170 Å². The summed E-state index contributed by atoms with van der Waals surface area (Å²) >= 11 is 0. The smallest absolute Gasteiger partial charge is 0.258 e. The Hall–Kier alpha value is -3.22. The summed E-state index contributed by atoms with van der Waals surface area (Å²) in [5.74, 6) is 1.51. The molecule has 1 aliphatic rings. The van der Waals surface area contributed by atoms with Crippen LogP contribution in [0.5, 0.6) is 17.2 Å². The number of carbonyl (C=O) groups excluding carboxylic acids is 2. The number of hydrogen-bond donors (Lipinski definition) is 2. The second kappa shape index (κ2) is 9.82. The van der Waals surface area contributed by atoms with E-state index in [0.29, 0.717) is 30.5 Å². The lowest BCUT2D eigenvalue weighted by Crippen LogP contribution is -2.41. The predicted molar refractivity (Wildman–Crippen MR) is 108 cm³/mol. The number of hydrogen-bond acceptors (Lipinski definition) is 5. The lowest BCUT2D eigenvalue weighted by atomic mass is 9.95. The SMILES string of the molecule is CC(C)C(NC(=O)CNC(=O)COc1ccccc1)c1ccc2c(c1)OCCO2. The minimum atomic E-state index is -0.357. The molecule has 0 spiro atoms. The van der Waals surface area contributed by atoms with E-state index in [1.807, 2.05) is 50.2 Å². The van der Waals surface area contributed by atoms with Crippen molar-refractivity contribution < 1.29 is 23.8 Å². The minimum Gasteiger partial charge on any atom is -0.486 e. The second-order valence-corrected chi connectivity index (χ2v) is 7.07. The predicted octanol–water partition coefficient (Wildman–Crippen LogP) is 2.47. The van der Waals surface area contributed by atoms with E-state index < -0.39 is 0 Å². The molecule has 2 aromatic carbocycles. The molecule has 7 nitrogen and oxygen atoms in total. The zero-order chi connectivity index (χ0) is 20.6. The molecular formula is C22H26N2O5. The van der Waals surface area contributed by atoms with Crippen molar-refractivity contribution in [2.45, 2.75) is 19.9 Å². The summed E-state index contributed by atoms with van der Waals surface area (Å²) in [6.07, 6.45) is 0. The number of ether oxygens (including phenoxy) is 3. The van der Waals surface area contributed by atoms with Crippen LogP contribution < -0.4 is 24.8 Å². The van der Waals surface area contributed by atoms with Crippen molar-refractivity contribution in [1.82, 2.24) is 10.6 Å². The second-order valence-electron chi connectivity index (χ2n) is 7.07. The van der Waals surface area contributed by atoms with Crippen LogP contribution >= 0.6 is 0 Å². The van der Waals surface area contributed by atoms with Crippen LogP contribution in [0.2, 0.25) is 0 Å². The highest BCUT2D eigenvalue weighted by Crippen LogP contribution is 2.34. The maximum absolute atomic E-state index is 12.4. The summed E-state index contributed by atoms with van der Waals surface area (Å²) < 4.78 is 16.6. The Kier molecular flexibility index (Phi) is 6.94. The van der Waals surface area contributed by atoms with E-state index in [9.17, 15) is 9.59 Å². The standard InChI is InChI=1S/C22H26N2O5/c1-15(2)22(16-8-9-18-19(12-16)28-11-10-27-18)24-20(25)13-23-21(26)14-29-17-6-4-3-5-7-17/h3-9,12,15,22H,10-11,13-14H2,1-2H3,(H,23,26)(H,24,25). The Bertz CT molecular complexity index is 838. The van der Waals surface area contributed by atoms with E-state index in [1.54, 1.807) is 12.1 Å². The summed E-state index contributed by atoms with van der Waals surface area (Å²) in [6, 6.07) is 14.5. The topological polar surface area (TPSA) is 85.9 Å². The minimum absolute atomic E-state index is 0.120. The van der Waals surface area contributed by atoms with Gasteiger partial charge in [-0.2, -0.15) is 0 Å². The van der Waals surface area contributed by atoms with Crippen LogP contribution in [0.15, 0.2) is 48.5 Å². The van der Waals surface area contributed by atoms with E-state index in [4.69, 9.17) is 14.2 Å². The molecule has 29 heavy (non-hydrogen) atoms. The van der Waals surface area contributed by atoms with Crippen molar-refractivity contribution in [1.29, 1.82) is 0 Å². The van der Waals surface area contributed by atoms with Crippen LogP contribution in [0.25, 0.3) is 0 Å². The molecule has 0 bridgehead atoms. The van der Waals surface area contributed by atoms with Crippen molar-refractivity contribution in [2.75, 3.05) is 26.4 Å². The van der Waals surface area contributed by atoms with Gasteiger partial charge in [-0.1, -0.05) is 38.1 Å². The van der Waals surface area contributed by atoms with E-state index >= 15 is 0 Å². The third-order valence-corrected chi connectivity index (χ3v) is 4.47. The van der Waals surface area contributed by atoms with Gasteiger partial charge in [0, 0.05) is 0 Å². The largest absolute Gasteiger partial charge is 0.486 e. The third-order valence-electron chi connectivity index (χ3n) is 4.47. The molecule has 2 aromatic rings. The highest BCUT2D eigenvalue weighted by molar-refractivity contribution is 5.85. The van der Waals surface area contributed by atoms with E-state index in [0.717, 1.165) is 5.56 Å². The molecule has 0 radical (unpaired) electrons. The Morgan fingerprint density at radius 1 is 1.00 bits per heavy atom. The fourth-order valence-electron chi connectivity index (χ4n) is 3.01. The van der Waals surface area contributed by atoms with Gasteiger partial charge < -0.3 is 24.8 Å². The Balaban J connectivity index is 1.51. The molecule has 1 heterocycles. The molecule has 7 heteroatoms. The molecule has 1 aliphatic heterocycles. The van der Waals surface area contributed by atoms with Gasteiger partial charge in [0.2, 0.25) is 5.91 Å². The highest BCUT2D eigenvalue weighted by atomic mass is 16.6.